The first-order chi connectivity index (χ1) is 7.36. The summed E-state index contributed by atoms with van der Waals surface area (Å²) in [5, 5.41) is 0. The third-order valence-corrected chi connectivity index (χ3v) is 3.68. The molecule has 0 aromatic carbocycles. The largest absolute Gasteiger partial charge is 0.444 e. The van der Waals surface area contributed by atoms with Crippen molar-refractivity contribution in [3.8, 4) is 0 Å². The molecule has 1 saturated heterocycles. The first-order valence-corrected chi connectivity index (χ1v) is 6.04. The molecule has 2 atom stereocenters. The van der Waals surface area contributed by atoms with Crippen molar-refractivity contribution in [2.24, 2.45) is 17.1 Å². The molecule has 4 nitrogen and oxygen atoms in total. The van der Waals surface area contributed by atoms with E-state index in [1.165, 1.54) is 6.42 Å². The van der Waals surface area contributed by atoms with E-state index >= 15 is 0 Å². The van der Waals surface area contributed by atoms with Gasteiger partial charge in [-0.3, -0.25) is 0 Å². The van der Waals surface area contributed by atoms with Gasteiger partial charge in [-0.25, -0.2) is 4.79 Å². The van der Waals surface area contributed by atoms with Crippen LogP contribution in [0, 0.1) is 11.3 Å². The number of likely N-dealkylation sites (tertiary alicyclic amines) is 1. The van der Waals surface area contributed by atoms with Crippen LogP contribution in [0.4, 0.5) is 4.79 Å². The van der Waals surface area contributed by atoms with Crippen molar-refractivity contribution < 1.29 is 9.53 Å². The lowest BCUT2D eigenvalue weighted by molar-refractivity contribution is 0.0284. The minimum atomic E-state index is -0.399. The van der Waals surface area contributed by atoms with Crippen LogP contribution < -0.4 is 5.73 Å². The minimum Gasteiger partial charge on any atom is -0.444 e. The van der Waals surface area contributed by atoms with Gasteiger partial charge in [0.2, 0.25) is 0 Å². The lowest BCUT2D eigenvalue weighted by Gasteiger charge is -2.24. The van der Waals surface area contributed by atoms with Gasteiger partial charge in [-0.15, -0.1) is 0 Å². The predicted molar refractivity (Wildman–Crippen MR) is 62.0 cm³/mol. The summed E-state index contributed by atoms with van der Waals surface area (Å²) >= 11 is 0. The molecule has 2 N–H and O–H groups in total. The summed E-state index contributed by atoms with van der Waals surface area (Å²) in [6, 6.07) is 0. The van der Waals surface area contributed by atoms with E-state index in [0.717, 1.165) is 26.1 Å². The summed E-state index contributed by atoms with van der Waals surface area (Å²) in [6.45, 7) is 8.11. The summed E-state index contributed by atoms with van der Waals surface area (Å²) in [5.74, 6) is 0.625. The van der Waals surface area contributed by atoms with E-state index in [0.29, 0.717) is 11.3 Å². The minimum absolute atomic E-state index is 0.174. The Bertz CT molecular complexity index is 298. The van der Waals surface area contributed by atoms with Crippen molar-refractivity contribution in [2.75, 3.05) is 19.6 Å². The summed E-state index contributed by atoms with van der Waals surface area (Å²) in [5.41, 5.74) is 5.62. The highest BCUT2D eigenvalue weighted by Crippen LogP contribution is 2.57. The SMILES string of the molecule is CC(C)(C)OC(=O)N1CC[C@]2(C[C@@H]2CN)C1. The average molecular weight is 226 g/mol. The second kappa shape index (κ2) is 3.62. The van der Waals surface area contributed by atoms with Crippen molar-refractivity contribution >= 4 is 6.09 Å². The van der Waals surface area contributed by atoms with Gasteiger partial charge in [-0.05, 0) is 51.5 Å². The van der Waals surface area contributed by atoms with E-state index in [-0.39, 0.29) is 6.09 Å². The second-order valence-corrected chi connectivity index (χ2v) is 6.15. The highest BCUT2D eigenvalue weighted by atomic mass is 16.6. The molecule has 2 aliphatic rings. The van der Waals surface area contributed by atoms with Gasteiger partial charge < -0.3 is 15.4 Å². The fraction of sp³-hybridized carbons (Fsp3) is 0.917. The number of carbonyl (C=O) groups is 1. The molecule has 1 aliphatic heterocycles. The first-order valence-electron chi connectivity index (χ1n) is 6.04. The number of nitrogens with zero attached hydrogens (tertiary/aromatic N) is 1. The van der Waals surface area contributed by atoms with E-state index in [1.807, 2.05) is 25.7 Å². The molecular weight excluding hydrogens is 204 g/mol. The Hall–Kier alpha value is -0.770. The molecular formula is C12H22N2O2. The third-order valence-electron chi connectivity index (χ3n) is 3.68. The summed E-state index contributed by atoms with van der Waals surface area (Å²) in [4.78, 5) is 13.7. The van der Waals surface area contributed by atoms with Crippen molar-refractivity contribution in [1.29, 1.82) is 0 Å². The normalized spacial score (nSPS) is 33.2. The fourth-order valence-corrected chi connectivity index (χ4v) is 2.64. The number of nitrogens with two attached hydrogens (primary N) is 1. The quantitative estimate of drug-likeness (QED) is 0.738. The monoisotopic (exact) mass is 226 g/mol. The fourth-order valence-electron chi connectivity index (χ4n) is 2.64. The number of ether oxygens (including phenoxy) is 1. The van der Waals surface area contributed by atoms with Crippen molar-refractivity contribution in [2.45, 2.75) is 39.2 Å². The molecule has 0 bridgehead atoms. The highest BCUT2D eigenvalue weighted by Gasteiger charge is 2.57. The van der Waals surface area contributed by atoms with Gasteiger partial charge in [-0.2, -0.15) is 0 Å². The van der Waals surface area contributed by atoms with Gasteiger partial charge in [-0.1, -0.05) is 0 Å². The average Bonchev–Trinajstić information content (AvgIpc) is 2.62. The Morgan fingerprint density at radius 2 is 2.25 bits per heavy atom. The Morgan fingerprint density at radius 3 is 2.75 bits per heavy atom. The summed E-state index contributed by atoms with van der Waals surface area (Å²) < 4.78 is 5.37. The number of rotatable bonds is 1. The maximum atomic E-state index is 11.8. The Labute approximate surface area is 97.1 Å². The van der Waals surface area contributed by atoms with Crippen LogP contribution in [-0.4, -0.2) is 36.2 Å². The molecule has 1 amide bonds. The Morgan fingerprint density at radius 1 is 1.56 bits per heavy atom. The van der Waals surface area contributed by atoms with Gasteiger partial charge >= 0.3 is 6.09 Å². The van der Waals surface area contributed by atoms with E-state index in [9.17, 15) is 4.79 Å². The number of hydrogen-bond acceptors (Lipinski definition) is 3. The van der Waals surface area contributed by atoms with Crippen LogP contribution in [0.1, 0.15) is 33.6 Å². The van der Waals surface area contributed by atoms with E-state index in [4.69, 9.17) is 10.5 Å². The van der Waals surface area contributed by atoms with Crippen LogP contribution in [0.3, 0.4) is 0 Å². The molecule has 4 heteroatoms. The van der Waals surface area contributed by atoms with Crippen molar-refractivity contribution in [3.05, 3.63) is 0 Å². The standard InChI is InChI=1S/C12H22N2O2/c1-11(2,3)16-10(15)14-5-4-12(8-14)6-9(12)7-13/h9H,4-8,13H2,1-3H3/t9-,12+/m1/s1. The maximum Gasteiger partial charge on any atom is 0.410 e. The highest BCUT2D eigenvalue weighted by molar-refractivity contribution is 5.68. The topological polar surface area (TPSA) is 55.6 Å². The van der Waals surface area contributed by atoms with E-state index in [2.05, 4.69) is 0 Å². The van der Waals surface area contributed by atoms with Crippen LogP contribution in [0.25, 0.3) is 0 Å². The Kier molecular flexibility index (Phi) is 2.65. The molecule has 1 spiro atoms. The number of hydrogen-bond donors (Lipinski definition) is 1. The smallest absolute Gasteiger partial charge is 0.410 e. The van der Waals surface area contributed by atoms with Crippen molar-refractivity contribution in [3.63, 3.8) is 0 Å². The van der Waals surface area contributed by atoms with Crippen LogP contribution in [-0.2, 0) is 4.74 Å². The second-order valence-electron chi connectivity index (χ2n) is 6.15. The molecule has 1 aliphatic carbocycles. The molecule has 0 unspecified atom stereocenters. The van der Waals surface area contributed by atoms with Gasteiger partial charge in [0.15, 0.2) is 0 Å². The molecule has 0 radical (unpaired) electrons. The lowest BCUT2D eigenvalue weighted by Crippen LogP contribution is -2.35. The zero-order chi connectivity index (χ0) is 12.0. The van der Waals surface area contributed by atoms with Gasteiger partial charge in [0.05, 0.1) is 0 Å². The molecule has 16 heavy (non-hydrogen) atoms. The van der Waals surface area contributed by atoms with Crippen LogP contribution >= 0.6 is 0 Å². The summed E-state index contributed by atoms with van der Waals surface area (Å²) in [7, 11) is 0. The van der Waals surface area contributed by atoms with Crippen molar-refractivity contribution in [1.82, 2.24) is 4.90 Å². The van der Waals surface area contributed by atoms with Gasteiger partial charge in [0.1, 0.15) is 5.60 Å². The maximum absolute atomic E-state index is 11.8. The number of carbonyl (C=O) groups excluding carboxylic acids is 1. The zero-order valence-corrected chi connectivity index (χ0v) is 10.5. The molecule has 1 heterocycles. The Balaban J connectivity index is 1.88. The zero-order valence-electron chi connectivity index (χ0n) is 10.5. The molecule has 0 aromatic rings. The van der Waals surface area contributed by atoms with Gasteiger partial charge in [0.25, 0.3) is 0 Å². The summed E-state index contributed by atoms with van der Waals surface area (Å²) in [6.07, 6.45) is 2.10. The molecule has 0 aromatic heterocycles. The molecule has 1 saturated carbocycles. The lowest BCUT2D eigenvalue weighted by atomic mass is 10.0. The van der Waals surface area contributed by atoms with Crippen LogP contribution in [0.2, 0.25) is 0 Å². The molecule has 2 rings (SSSR count). The van der Waals surface area contributed by atoms with E-state index in [1.54, 1.807) is 0 Å². The molecule has 92 valence electrons. The third kappa shape index (κ3) is 2.17. The molecule has 2 fully saturated rings. The van der Waals surface area contributed by atoms with E-state index < -0.39 is 5.60 Å². The predicted octanol–water partition coefficient (Wildman–Crippen LogP) is 1.59. The first kappa shape index (κ1) is 11.7. The van der Waals surface area contributed by atoms with Gasteiger partial charge in [0, 0.05) is 13.1 Å². The number of amides is 1. The van der Waals surface area contributed by atoms with Crippen LogP contribution in [0.15, 0.2) is 0 Å². The van der Waals surface area contributed by atoms with Crippen LogP contribution in [0.5, 0.6) is 0 Å².